The van der Waals surface area contributed by atoms with E-state index in [4.69, 9.17) is 20.9 Å². The SMILES string of the molecule is CCCOc1cccc(C2/C(=C(\O)c3ccc(Cl)cc3)C(=O)C(=O)N2c2cc(C)on2)c1. The number of amides is 1. The summed E-state index contributed by atoms with van der Waals surface area (Å²) in [5, 5.41) is 15.5. The first-order valence-electron chi connectivity index (χ1n) is 10.1. The molecule has 164 valence electrons. The lowest BCUT2D eigenvalue weighted by Gasteiger charge is -2.23. The van der Waals surface area contributed by atoms with Crippen molar-refractivity contribution >= 4 is 34.9 Å². The van der Waals surface area contributed by atoms with Crippen LogP contribution in [0, 0.1) is 6.92 Å². The van der Waals surface area contributed by atoms with Crippen LogP contribution in [0.4, 0.5) is 5.82 Å². The Hall–Kier alpha value is -3.58. The molecule has 1 saturated heterocycles. The summed E-state index contributed by atoms with van der Waals surface area (Å²) in [7, 11) is 0. The molecule has 0 saturated carbocycles. The molecule has 0 aliphatic carbocycles. The van der Waals surface area contributed by atoms with E-state index in [0.717, 1.165) is 6.42 Å². The van der Waals surface area contributed by atoms with Crippen molar-refractivity contribution in [2.24, 2.45) is 0 Å². The largest absolute Gasteiger partial charge is 0.507 e. The summed E-state index contributed by atoms with van der Waals surface area (Å²) in [6.45, 7) is 4.21. The van der Waals surface area contributed by atoms with Crippen LogP contribution in [0.15, 0.2) is 64.7 Å². The number of aryl methyl sites for hydroxylation is 1. The smallest absolute Gasteiger partial charge is 0.301 e. The second-order valence-electron chi connectivity index (χ2n) is 7.39. The van der Waals surface area contributed by atoms with Crippen LogP contribution < -0.4 is 9.64 Å². The molecule has 0 spiro atoms. The average Bonchev–Trinajstić information content (AvgIpc) is 3.33. The minimum atomic E-state index is -0.916. The van der Waals surface area contributed by atoms with Crippen molar-refractivity contribution in [1.82, 2.24) is 5.16 Å². The summed E-state index contributed by atoms with van der Waals surface area (Å²) >= 11 is 5.96. The van der Waals surface area contributed by atoms with E-state index in [1.54, 1.807) is 61.5 Å². The van der Waals surface area contributed by atoms with E-state index in [0.29, 0.717) is 34.3 Å². The number of nitrogens with zero attached hydrogens (tertiary/aromatic N) is 2. The molecule has 1 N–H and O–H groups in total. The van der Waals surface area contributed by atoms with Crippen molar-refractivity contribution in [1.29, 1.82) is 0 Å². The van der Waals surface area contributed by atoms with Gasteiger partial charge >= 0.3 is 5.91 Å². The molecule has 1 aromatic heterocycles. The second kappa shape index (κ2) is 8.88. The molecule has 1 aliphatic rings. The van der Waals surface area contributed by atoms with Gasteiger partial charge in [0.15, 0.2) is 5.82 Å². The van der Waals surface area contributed by atoms with Crippen LogP contribution in [0.25, 0.3) is 5.76 Å². The van der Waals surface area contributed by atoms with Crippen LogP contribution in [0.3, 0.4) is 0 Å². The van der Waals surface area contributed by atoms with E-state index in [2.05, 4.69) is 5.16 Å². The van der Waals surface area contributed by atoms with Crippen LogP contribution in [0.2, 0.25) is 5.02 Å². The molecule has 1 amide bonds. The fourth-order valence-electron chi connectivity index (χ4n) is 3.61. The Morgan fingerprint density at radius 2 is 1.94 bits per heavy atom. The van der Waals surface area contributed by atoms with Gasteiger partial charge in [0.2, 0.25) is 0 Å². The van der Waals surface area contributed by atoms with Gasteiger partial charge < -0.3 is 14.4 Å². The summed E-state index contributed by atoms with van der Waals surface area (Å²) in [6, 6.07) is 14.1. The Morgan fingerprint density at radius 1 is 1.19 bits per heavy atom. The topological polar surface area (TPSA) is 92.9 Å². The first-order chi connectivity index (χ1) is 15.4. The maximum atomic E-state index is 13.1. The first-order valence-corrected chi connectivity index (χ1v) is 10.5. The van der Waals surface area contributed by atoms with E-state index in [-0.39, 0.29) is 17.2 Å². The number of aromatic nitrogens is 1. The Labute approximate surface area is 189 Å². The third-order valence-electron chi connectivity index (χ3n) is 5.07. The number of ketones is 1. The van der Waals surface area contributed by atoms with Crippen LogP contribution in [-0.4, -0.2) is 28.6 Å². The third kappa shape index (κ3) is 3.99. The lowest BCUT2D eigenvalue weighted by Crippen LogP contribution is -2.29. The quantitative estimate of drug-likeness (QED) is 0.319. The van der Waals surface area contributed by atoms with Gasteiger partial charge in [-0.05, 0) is 55.3 Å². The van der Waals surface area contributed by atoms with Gasteiger partial charge in [0.1, 0.15) is 17.3 Å². The highest BCUT2D eigenvalue weighted by atomic mass is 35.5. The minimum absolute atomic E-state index is 0.0504. The second-order valence-corrected chi connectivity index (χ2v) is 7.83. The van der Waals surface area contributed by atoms with Gasteiger partial charge in [0.05, 0.1) is 18.2 Å². The average molecular weight is 453 g/mol. The van der Waals surface area contributed by atoms with E-state index < -0.39 is 17.7 Å². The summed E-state index contributed by atoms with van der Waals surface area (Å²) in [5.41, 5.74) is 0.909. The van der Waals surface area contributed by atoms with Gasteiger partial charge in [-0.15, -0.1) is 0 Å². The lowest BCUT2D eigenvalue weighted by atomic mass is 9.95. The monoisotopic (exact) mass is 452 g/mol. The molecule has 1 atom stereocenters. The molecule has 1 fully saturated rings. The van der Waals surface area contributed by atoms with Crippen LogP contribution in [-0.2, 0) is 9.59 Å². The molecule has 8 heteroatoms. The molecule has 1 aliphatic heterocycles. The number of carbonyl (C=O) groups excluding carboxylic acids is 2. The van der Waals surface area contributed by atoms with Crippen molar-refractivity contribution in [3.63, 3.8) is 0 Å². The fourth-order valence-corrected chi connectivity index (χ4v) is 3.73. The molecule has 2 heterocycles. The Balaban J connectivity index is 1.90. The number of halogens is 1. The van der Waals surface area contributed by atoms with E-state index >= 15 is 0 Å². The number of benzene rings is 2. The van der Waals surface area contributed by atoms with Crippen molar-refractivity contribution in [2.75, 3.05) is 11.5 Å². The number of hydrogen-bond donors (Lipinski definition) is 1. The highest BCUT2D eigenvalue weighted by Gasteiger charge is 2.48. The van der Waals surface area contributed by atoms with Crippen LogP contribution in [0.5, 0.6) is 5.75 Å². The van der Waals surface area contributed by atoms with Crippen molar-refractivity contribution in [3.05, 3.63) is 82.1 Å². The number of anilines is 1. The first kappa shape index (κ1) is 21.6. The van der Waals surface area contributed by atoms with Gasteiger partial charge in [-0.25, -0.2) is 0 Å². The molecule has 0 bridgehead atoms. The lowest BCUT2D eigenvalue weighted by molar-refractivity contribution is -0.132. The van der Waals surface area contributed by atoms with Gasteiger partial charge in [0, 0.05) is 16.7 Å². The standard InChI is InChI=1S/C24H21ClN2O5/c1-3-11-31-18-6-4-5-16(13-18)21-20(22(28)15-7-9-17(25)10-8-15)23(29)24(30)27(21)19-12-14(2)32-26-19/h4-10,12-13,21,28H,3,11H2,1-2H3/b22-20+. The van der Waals surface area contributed by atoms with Crippen LogP contribution >= 0.6 is 11.6 Å². The predicted octanol–water partition coefficient (Wildman–Crippen LogP) is 5.05. The maximum Gasteiger partial charge on any atom is 0.301 e. The zero-order chi connectivity index (χ0) is 22.8. The highest BCUT2D eigenvalue weighted by molar-refractivity contribution is 6.51. The molecule has 7 nitrogen and oxygen atoms in total. The zero-order valence-electron chi connectivity index (χ0n) is 17.5. The number of ether oxygens (including phenoxy) is 1. The van der Waals surface area contributed by atoms with Gasteiger partial charge in [-0.2, -0.15) is 0 Å². The molecule has 1 unspecified atom stereocenters. The summed E-state index contributed by atoms with van der Waals surface area (Å²) in [5.74, 6) is -0.657. The normalized spacial score (nSPS) is 17.7. The molecule has 3 aromatic rings. The van der Waals surface area contributed by atoms with E-state index in [1.807, 2.05) is 6.92 Å². The molecule has 4 rings (SSSR count). The summed E-state index contributed by atoms with van der Waals surface area (Å²) < 4.78 is 10.9. The zero-order valence-corrected chi connectivity index (χ0v) is 18.3. The highest BCUT2D eigenvalue weighted by Crippen LogP contribution is 2.42. The van der Waals surface area contributed by atoms with Gasteiger partial charge in [-0.3, -0.25) is 14.5 Å². The Bertz CT molecular complexity index is 1200. The Kier molecular flexibility index (Phi) is 6.01. The van der Waals surface area contributed by atoms with E-state index in [9.17, 15) is 14.7 Å². The molecule has 2 aromatic carbocycles. The maximum absolute atomic E-state index is 13.1. The molecule has 0 radical (unpaired) electrons. The fraction of sp³-hybridized carbons (Fsp3) is 0.208. The number of carbonyl (C=O) groups is 2. The van der Waals surface area contributed by atoms with Gasteiger partial charge in [-0.1, -0.05) is 35.8 Å². The number of Topliss-reactive ketones (excluding diaryl/α,β-unsaturated/α-hetero) is 1. The number of aliphatic hydroxyl groups excluding tert-OH is 1. The van der Waals surface area contributed by atoms with Gasteiger partial charge in [0.25, 0.3) is 5.78 Å². The van der Waals surface area contributed by atoms with Crippen molar-refractivity contribution in [3.8, 4) is 5.75 Å². The minimum Gasteiger partial charge on any atom is -0.507 e. The molecule has 32 heavy (non-hydrogen) atoms. The van der Waals surface area contributed by atoms with Crippen molar-refractivity contribution in [2.45, 2.75) is 26.3 Å². The Morgan fingerprint density at radius 3 is 2.59 bits per heavy atom. The van der Waals surface area contributed by atoms with Crippen molar-refractivity contribution < 1.29 is 24.0 Å². The number of aliphatic hydroxyl groups is 1. The summed E-state index contributed by atoms with van der Waals surface area (Å²) in [6.07, 6.45) is 0.831. The van der Waals surface area contributed by atoms with E-state index in [1.165, 1.54) is 4.90 Å². The predicted molar refractivity (Wildman–Crippen MR) is 120 cm³/mol. The molecular weight excluding hydrogens is 432 g/mol. The van der Waals surface area contributed by atoms with Crippen LogP contribution in [0.1, 0.15) is 36.3 Å². The summed E-state index contributed by atoms with van der Waals surface area (Å²) in [4.78, 5) is 27.4. The third-order valence-corrected chi connectivity index (χ3v) is 5.32. The molecular formula is C24H21ClN2O5. The number of rotatable bonds is 6. The number of hydrogen-bond acceptors (Lipinski definition) is 6.